The highest BCUT2D eigenvalue weighted by Gasteiger charge is 2.26. The van der Waals surface area contributed by atoms with E-state index >= 15 is 0 Å². The molecule has 0 radical (unpaired) electrons. The van der Waals surface area contributed by atoms with Crippen LogP contribution >= 0.6 is 15.9 Å². The van der Waals surface area contributed by atoms with Gasteiger partial charge in [-0.15, -0.1) is 0 Å². The normalized spacial score (nSPS) is 23.9. The fraction of sp³-hybridized carbons (Fsp3) is 0.889. The molecule has 1 saturated heterocycles. The van der Waals surface area contributed by atoms with Crippen molar-refractivity contribution in [2.75, 3.05) is 19.6 Å². The van der Waals surface area contributed by atoms with Gasteiger partial charge in [0, 0.05) is 6.54 Å². The second-order valence-electron chi connectivity index (χ2n) is 4.33. The lowest BCUT2D eigenvalue weighted by Gasteiger charge is -2.37. The summed E-state index contributed by atoms with van der Waals surface area (Å²) in [5.74, 6) is 0. The Bertz CT molecular complexity index is 179. The van der Waals surface area contributed by atoms with Crippen LogP contribution in [0.4, 0.5) is 0 Å². The molecule has 0 unspecified atom stereocenters. The number of halogens is 1. The maximum absolute atomic E-state index is 10.8. The van der Waals surface area contributed by atoms with Crippen molar-refractivity contribution in [2.45, 2.75) is 26.7 Å². The summed E-state index contributed by atoms with van der Waals surface area (Å²) in [6, 6.07) is 0. The predicted molar refractivity (Wildman–Crippen MR) is 53.4 cm³/mol. The average molecular weight is 234 g/mol. The monoisotopic (exact) mass is 233 g/mol. The lowest BCUT2D eigenvalue weighted by atomic mass is 9.84. The van der Waals surface area contributed by atoms with E-state index in [0.717, 1.165) is 13.1 Å². The Morgan fingerprint density at radius 2 is 2.25 bits per heavy atom. The first-order valence-corrected chi connectivity index (χ1v) is 5.20. The van der Waals surface area contributed by atoms with E-state index in [1.165, 1.54) is 12.8 Å². The molecule has 12 heavy (non-hydrogen) atoms. The van der Waals surface area contributed by atoms with Crippen molar-refractivity contribution in [3.05, 3.63) is 0 Å². The van der Waals surface area contributed by atoms with Crippen molar-refractivity contribution in [1.82, 2.24) is 4.90 Å². The van der Waals surface area contributed by atoms with Gasteiger partial charge in [0.05, 0.1) is 6.54 Å². The number of carbonyl (C=O) groups excluding carboxylic acids is 1. The standard InChI is InChI=1S/C9H16BrNO/c1-9(2)4-3-5-11(7-9)6-8(10)12/h3-7H2,1-2H3. The van der Waals surface area contributed by atoms with Crippen LogP contribution in [0.5, 0.6) is 0 Å². The highest BCUT2D eigenvalue weighted by atomic mass is 79.9. The Hall–Kier alpha value is 0.110. The van der Waals surface area contributed by atoms with Gasteiger partial charge in [-0.2, -0.15) is 0 Å². The Balaban J connectivity index is 2.41. The zero-order valence-corrected chi connectivity index (χ0v) is 9.35. The van der Waals surface area contributed by atoms with Gasteiger partial charge in [-0.3, -0.25) is 9.69 Å². The van der Waals surface area contributed by atoms with E-state index in [1.54, 1.807) is 0 Å². The minimum Gasteiger partial charge on any atom is -0.295 e. The molecule has 1 rings (SSSR count). The zero-order chi connectivity index (χ0) is 9.19. The fourth-order valence-corrected chi connectivity index (χ4v) is 2.21. The lowest BCUT2D eigenvalue weighted by molar-refractivity contribution is -0.112. The summed E-state index contributed by atoms with van der Waals surface area (Å²) in [5.41, 5.74) is 0.390. The van der Waals surface area contributed by atoms with Crippen molar-refractivity contribution in [2.24, 2.45) is 5.41 Å². The minimum absolute atomic E-state index is 0.0974. The summed E-state index contributed by atoms with van der Waals surface area (Å²) in [5, 5.41) is 0. The average Bonchev–Trinajstić information content (AvgIpc) is 1.82. The van der Waals surface area contributed by atoms with Crippen LogP contribution < -0.4 is 0 Å². The molecule has 0 saturated carbocycles. The third-order valence-electron chi connectivity index (χ3n) is 2.33. The van der Waals surface area contributed by atoms with Gasteiger partial charge in [0.1, 0.15) is 0 Å². The van der Waals surface area contributed by atoms with E-state index in [0.29, 0.717) is 12.0 Å². The largest absolute Gasteiger partial charge is 0.295 e. The highest BCUT2D eigenvalue weighted by Crippen LogP contribution is 2.28. The molecule has 3 heteroatoms. The van der Waals surface area contributed by atoms with Gasteiger partial charge in [0.25, 0.3) is 0 Å². The number of nitrogens with zero attached hydrogens (tertiary/aromatic N) is 1. The van der Waals surface area contributed by atoms with Crippen LogP contribution in [0.3, 0.4) is 0 Å². The van der Waals surface area contributed by atoms with Gasteiger partial charge in [-0.05, 0) is 40.7 Å². The molecule has 0 aromatic rings. The van der Waals surface area contributed by atoms with Gasteiger partial charge >= 0.3 is 0 Å². The number of likely N-dealkylation sites (tertiary alicyclic amines) is 1. The minimum atomic E-state index is 0.0974. The quantitative estimate of drug-likeness (QED) is 0.681. The molecule has 1 aliphatic rings. The van der Waals surface area contributed by atoms with Crippen LogP contribution in [-0.2, 0) is 4.79 Å². The van der Waals surface area contributed by atoms with Gasteiger partial charge in [-0.1, -0.05) is 13.8 Å². The molecule has 0 N–H and O–H groups in total. The SMILES string of the molecule is CC1(C)CCCN(CC(=O)Br)C1. The molecular weight excluding hydrogens is 218 g/mol. The molecule has 1 aliphatic heterocycles. The number of carbonyl (C=O) groups is 1. The van der Waals surface area contributed by atoms with Crippen LogP contribution in [0, 0.1) is 5.41 Å². The van der Waals surface area contributed by atoms with E-state index in [9.17, 15) is 4.79 Å². The van der Waals surface area contributed by atoms with Gasteiger partial charge in [0.2, 0.25) is 4.69 Å². The topological polar surface area (TPSA) is 20.3 Å². The van der Waals surface area contributed by atoms with E-state index < -0.39 is 0 Å². The summed E-state index contributed by atoms with van der Waals surface area (Å²) in [6.07, 6.45) is 2.49. The van der Waals surface area contributed by atoms with E-state index in [2.05, 4.69) is 34.7 Å². The maximum Gasteiger partial charge on any atom is 0.211 e. The molecule has 0 aromatic carbocycles. The Labute approximate surface area is 82.4 Å². The third-order valence-corrected chi connectivity index (χ3v) is 2.58. The smallest absolute Gasteiger partial charge is 0.211 e. The second kappa shape index (κ2) is 3.88. The summed E-state index contributed by atoms with van der Waals surface area (Å²) in [4.78, 5) is 13.0. The van der Waals surface area contributed by atoms with Crippen molar-refractivity contribution in [3.63, 3.8) is 0 Å². The summed E-state index contributed by atoms with van der Waals surface area (Å²) in [6.45, 7) is 7.20. The first-order valence-electron chi connectivity index (χ1n) is 4.40. The molecule has 0 spiro atoms. The summed E-state index contributed by atoms with van der Waals surface area (Å²) >= 11 is 2.97. The molecule has 2 nitrogen and oxygen atoms in total. The molecule has 0 aromatic heterocycles. The molecule has 0 atom stereocenters. The Morgan fingerprint density at radius 1 is 1.58 bits per heavy atom. The number of rotatable bonds is 2. The highest BCUT2D eigenvalue weighted by molar-refractivity contribution is 9.18. The van der Waals surface area contributed by atoms with E-state index in [4.69, 9.17) is 0 Å². The number of piperidine rings is 1. The van der Waals surface area contributed by atoms with Crippen molar-refractivity contribution in [1.29, 1.82) is 0 Å². The fourth-order valence-electron chi connectivity index (χ4n) is 1.86. The Kier molecular flexibility index (Phi) is 3.29. The third kappa shape index (κ3) is 3.23. The van der Waals surface area contributed by atoms with Crippen LogP contribution in [-0.4, -0.2) is 29.2 Å². The first kappa shape index (κ1) is 10.2. The molecule has 0 bridgehead atoms. The van der Waals surface area contributed by atoms with Crippen molar-refractivity contribution < 1.29 is 4.79 Å². The predicted octanol–water partition coefficient (Wildman–Crippen LogP) is 2.03. The van der Waals surface area contributed by atoms with Crippen LogP contribution in [0.25, 0.3) is 0 Å². The Morgan fingerprint density at radius 3 is 2.75 bits per heavy atom. The summed E-state index contributed by atoms with van der Waals surface area (Å²) in [7, 11) is 0. The van der Waals surface area contributed by atoms with E-state index in [1.807, 2.05) is 0 Å². The van der Waals surface area contributed by atoms with Gasteiger partial charge in [-0.25, -0.2) is 0 Å². The molecule has 1 fully saturated rings. The first-order chi connectivity index (χ1) is 5.49. The molecular formula is C9H16BrNO. The second-order valence-corrected chi connectivity index (χ2v) is 5.22. The lowest BCUT2D eigenvalue weighted by Crippen LogP contribution is -2.41. The van der Waals surface area contributed by atoms with Crippen molar-refractivity contribution >= 4 is 20.6 Å². The molecule has 70 valence electrons. The zero-order valence-electron chi connectivity index (χ0n) is 7.77. The van der Waals surface area contributed by atoms with Gasteiger partial charge in [0.15, 0.2) is 0 Å². The number of hydrogen-bond donors (Lipinski definition) is 0. The van der Waals surface area contributed by atoms with Crippen LogP contribution in [0.15, 0.2) is 0 Å². The summed E-state index contributed by atoms with van der Waals surface area (Å²) < 4.78 is 0.0974. The van der Waals surface area contributed by atoms with Crippen LogP contribution in [0.1, 0.15) is 26.7 Å². The van der Waals surface area contributed by atoms with Gasteiger partial charge < -0.3 is 0 Å². The van der Waals surface area contributed by atoms with E-state index in [-0.39, 0.29) is 4.69 Å². The molecule has 0 amide bonds. The number of hydrogen-bond acceptors (Lipinski definition) is 2. The van der Waals surface area contributed by atoms with Crippen LogP contribution in [0.2, 0.25) is 0 Å². The molecule has 0 aliphatic carbocycles. The molecule has 1 heterocycles. The maximum atomic E-state index is 10.8. The van der Waals surface area contributed by atoms with Crippen molar-refractivity contribution in [3.8, 4) is 0 Å².